The first-order chi connectivity index (χ1) is 8.91. The molecule has 1 aliphatic rings. The summed E-state index contributed by atoms with van der Waals surface area (Å²) in [5.41, 5.74) is -0.172. The van der Waals surface area contributed by atoms with E-state index in [4.69, 9.17) is 5.26 Å². The lowest BCUT2D eigenvalue weighted by Crippen LogP contribution is -2.51. The highest BCUT2D eigenvalue weighted by atomic mass is 16.4. The molecule has 0 heterocycles. The number of unbranched alkanes of at least 4 members (excludes halogenated alkanes) is 2. The van der Waals surface area contributed by atoms with Crippen LogP contribution in [0, 0.1) is 28.6 Å². The van der Waals surface area contributed by atoms with Crippen LogP contribution in [0.2, 0.25) is 0 Å². The number of rotatable bonds is 6. The largest absolute Gasteiger partial charge is 0.481 e. The summed E-state index contributed by atoms with van der Waals surface area (Å²) in [6, 6.07) is 2.55. The normalized spacial score (nSPS) is 29.7. The van der Waals surface area contributed by atoms with Gasteiger partial charge in [0.15, 0.2) is 0 Å². The number of nitrogens with zero attached hydrogens (tertiary/aromatic N) is 1. The zero-order chi connectivity index (χ0) is 14.5. The van der Waals surface area contributed by atoms with Crippen molar-refractivity contribution < 1.29 is 9.90 Å². The minimum atomic E-state index is -0.663. The molecule has 1 rings (SSSR count). The maximum absolute atomic E-state index is 11.3. The highest BCUT2D eigenvalue weighted by Crippen LogP contribution is 2.45. The van der Waals surface area contributed by atoms with Crippen LogP contribution < -0.4 is 5.32 Å². The lowest BCUT2D eigenvalue weighted by Gasteiger charge is -2.46. The van der Waals surface area contributed by atoms with Crippen molar-refractivity contribution >= 4 is 5.97 Å². The SMILES string of the molecule is CC1C(NCCCCC#N)CCC(C(=O)O)C1(C)C. The fourth-order valence-electron chi connectivity index (χ4n) is 3.14. The summed E-state index contributed by atoms with van der Waals surface area (Å²) in [6.45, 7) is 7.21. The van der Waals surface area contributed by atoms with Crippen LogP contribution >= 0.6 is 0 Å². The summed E-state index contributed by atoms with van der Waals surface area (Å²) in [7, 11) is 0. The molecule has 0 aromatic rings. The van der Waals surface area contributed by atoms with Crippen LogP contribution in [-0.4, -0.2) is 23.7 Å². The minimum Gasteiger partial charge on any atom is -0.481 e. The molecule has 0 radical (unpaired) electrons. The third-order valence-electron chi connectivity index (χ3n) is 4.86. The zero-order valence-electron chi connectivity index (χ0n) is 12.3. The monoisotopic (exact) mass is 266 g/mol. The Hall–Kier alpha value is -1.08. The number of hydrogen-bond acceptors (Lipinski definition) is 3. The zero-order valence-corrected chi connectivity index (χ0v) is 12.3. The molecule has 19 heavy (non-hydrogen) atoms. The summed E-state index contributed by atoms with van der Waals surface area (Å²) in [4.78, 5) is 11.3. The Morgan fingerprint density at radius 2 is 2.11 bits per heavy atom. The van der Waals surface area contributed by atoms with Gasteiger partial charge in [0.1, 0.15) is 0 Å². The lowest BCUT2D eigenvalue weighted by molar-refractivity contribution is -0.150. The van der Waals surface area contributed by atoms with E-state index in [1.54, 1.807) is 0 Å². The van der Waals surface area contributed by atoms with Gasteiger partial charge in [-0.2, -0.15) is 5.26 Å². The molecule has 3 atom stereocenters. The molecule has 4 heteroatoms. The Bertz CT molecular complexity index is 347. The maximum Gasteiger partial charge on any atom is 0.307 e. The molecule has 0 spiro atoms. The van der Waals surface area contributed by atoms with E-state index < -0.39 is 5.97 Å². The van der Waals surface area contributed by atoms with Gasteiger partial charge in [-0.1, -0.05) is 20.8 Å². The highest BCUT2D eigenvalue weighted by molar-refractivity contribution is 5.71. The van der Waals surface area contributed by atoms with Crippen LogP contribution in [0.4, 0.5) is 0 Å². The predicted molar refractivity (Wildman–Crippen MR) is 74.6 cm³/mol. The Kier molecular flexibility index (Phi) is 5.81. The van der Waals surface area contributed by atoms with E-state index in [-0.39, 0.29) is 11.3 Å². The molecule has 0 aliphatic heterocycles. The third-order valence-corrected chi connectivity index (χ3v) is 4.86. The van der Waals surface area contributed by atoms with Crippen LogP contribution in [0.3, 0.4) is 0 Å². The second-order valence-corrected chi connectivity index (χ2v) is 6.25. The molecular weight excluding hydrogens is 240 g/mol. The molecule has 0 amide bonds. The summed E-state index contributed by atoms with van der Waals surface area (Å²) >= 11 is 0. The van der Waals surface area contributed by atoms with E-state index >= 15 is 0 Å². The van der Waals surface area contributed by atoms with E-state index in [9.17, 15) is 9.90 Å². The molecule has 3 unspecified atom stereocenters. The molecule has 0 saturated heterocycles. The van der Waals surface area contributed by atoms with Crippen LogP contribution in [0.25, 0.3) is 0 Å². The first kappa shape index (κ1) is 16.0. The fraction of sp³-hybridized carbons (Fsp3) is 0.867. The van der Waals surface area contributed by atoms with Crippen LogP contribution in [0.15, 0.2) is 0 Å². The molecule has 4 nitrogen and oxygen atoms in total. The van der Waals surface area contributed by atoms with Gasteiger partial charge >= 0.3 is 5.97 Å². The van der Waals surface area contributed by atoms with Crippen molar-refractivity contribution in [1.82, 2.24) is 5.32 Å². The lowest BCUT2D eigenvalue weighted by atomic mass is 9.61. The van der Waals surface area contributed by atoms with Crippen molar-refractivity contribution in [2.24, 2.45) is 17.3 Å². The van der Waals surface area contributed by atoms with E-state index in [1.807, 2.05) is 0 Å². The van der Waals surface area contributed by atoms with Gasteiger partial charge in [-0.05, 0) is 43.6 Å². The van der Waals surface area contributed by atoms with Crippen molar-refractivity contribution in [3.63, 3.8) is 0 Å². The van der Waals surface area contributed by atoms with Gasteiger partial charge in [0.05, 0.1) is 12.0 Å². The number of nitriles is 1. The topological polar surface area (TPSA) is 73.1 Å². The number of carboxylic acid groups (broad SMARTS) is 1. The van der Waals surface area contributed by atoms with Gasteiger partial charge in [0.25, 0.3) is 0 Å². The van der Waals surface area contributed by atoms with Gasteiger partial charge in [-0.3, -0.25) is 4.79 Å². The van der Waals surface area contributed by atoms with Crippen LogP contribution in [0.5, 0.6) is 0 Å². The molecule has 0 aromatic heterocycles. The van der Waals surface area contributed by atoms with Crippen molar-refractivity contribution in [1.29, 1.82) is 5.26 Å². The van der Waals surface area contributed by atoms with Crippen molar-refractivity contribution in [2.75, 3.05) is 6.54 Å². The van der Waals surface area contributed by atoms with Crippen molar-refractivity contribution in [3.05, 3.63) is 0 Å². The van der Waals surface area contributed by atoms with Gasteiger partial charge < -0.3 is 10.4 Å². The van der Waals surface area contributed by atoms with Crippen LogP contribution in [0.1, 0.15) is 52.9 Å². The molecule has 1 fully saturated rings. The number of carbonyl (C=O) groups is 1. The van der Waals surface area contributed by atoms with Gasteiger partial charge in [-0.15, -0.1) is 0 Å². The van der Waals surface area contributed by atoms with Crippen molar-refractivity contribution in [2.45, 2.75) is 58.9 Å². The highest BCUT2D eigenvalue weighted by Gasteiger charge is 2.45. The number of carboxylic acids is 1. The number of hydrogen-bond donors (Lipinski definition) is 2. The maximum atomic E-state index is 11.3. The predicted octanol–water partition coefficient (Wildman–Crippen LogP) is 2.80. The smallest absolute Gasteiger partial charge is 0.307 e. The van der Waals surface area contributed by atoms with Gasteiger partial charge in [0.2, 0.25) is 0 Å². The molecule has 108 valence electrons. The molecule has 1 saturated carbocycles. The van der Waals surface area contributed by atoms with Crippen LogP contribution in [-0.2, 0) is 4.79 Å². The third kappa shape index (κ3) is 3.94. The Labute approximate surface area is 116 Å². The van der Waals surface area contributed by atoms with Gasteiger partial charge in [-0.25, -0.2) is 0 Å². The Morgan fingerprint density at radius 1 is 1.42 bits per heavy atom. The van der Waals surface area contributed by atoms with E-state index in [1.165, 1.54) is 0 Å². The fourth-order valence-corrected chi connectivity index (χ4v) is 3.14. The Balaban J connectivity index is 2.47. The number of aliphatic carboxylic acids is 1. The van der Waals surface area contributed by atoms with Crippen molar-refractivity contribution in [3.8, 4) is 6.07 Å². The number of nitrogens with one attached hydrogen (secondary N) is 1. The van der Waals surface area contributed by atoms with E-state index in [0.717, 1.165) is 32.2 Å². The second-order valence-electron chi connectivity index (χ2n) is 6.25. The van der Waals surface area contributed by atoms with Gasteiger partial charge in [0, 0.05) is 12.5 Å². The quantitative estimate of drug-likeness (QED) is 0.725. The average Bonchev–Trinajstić information content (AvgIpc) is 2.33. The first-order valence-electron chi connectivity index (χ1n) is 7.24. The second kappa shape index (κ2) is 6.91. The summed E-state index contributed by atoms with van der Waals surface area (Å²) in [6.07, 6.45) is 4.25. The summed E-state index contributed by atoms with van der Waals surface area (Å²) in [5.74, 6) is -0.554. The summed E-state index contributed by atoms with van der Waals surface area (Å²) in [5, 5.41) is 21.3. The molecule has 0 aromatic carbocycles. The molecule has 2 N–H and O–H groups in total. The minimum absolute atomic E-state index is 0.172. The molecular formula is C15H26N2O2. The standard InChI is InChI=1S/C15H26N2O2/c1-11-13(17-10-6-4-5-9-16)8-7-12(14(18)19)15(11,2)3/h11-13,17H,4-8,10H2,1-3H3,(H,18,19). The molecule has 0 bridgehead atoms. The molecule has 1 aliphatic carbocycles. The van der Waals surface area contributed by atoms with E-state index in [0.29, 0.717) is 18.4 Å². The average molecular weight is 266 g/mol. The Morgan fingerprint density at radius 3 is 2.68 bits per heavy atom. The summed E-state index contributed by atoms with van der Waals surface area (Å²) < 4.78 is 0. The van der Waals surface area contributed by atoms with E-state index in [2.05, 4.69) is 32.2 Å². The first-order valence-corrected chi connectivity index (χ1v) is 7.24.